The van der Waals surface area contributed by atoms with E-state index in [2.05, 4.69) is 107 Å². The highest BCUT2D eigenvalue weighted by Crippen LogP contribution is 2.44. The van der Waals surface area contributed by atoms with Gasteiger partial charge in [-0.05, 0) is 170 Å². The lowest BCUT2D eigenvalue weighted by Gasteiger charge is -2.32. The molecular formula is C56H69B4F3N2O11S. The van der Waals surface area contributed by atoms with Crippen LogP contribution < -0.4 is 15.1 Å². The summed E-state index contributed by atoms with van der Waals surface area (Å²) in [7, 11) is -7.55. The van der Waals surface area contributed by atoms with Crippen LogP contribution in [0.2, 0.25) is 0 Å². The summed E-state index contributed by atoms with van der Waals surface area (Å²) in [5, 5.41) is 1.55. The Morgan fingerprint density at radius 2 is 0.818 bits per heavy atom. The van der Waals surface area contributed by atoms with Crippen molar-refractivity contribution in [3.8, 4) is 28.0 Å². The van der Waals surface area contributed by atoms with Crippen molar-refractivity contribution >= 4 is 71.1 Å². The molecule has 6 heterocycles. The molecule has 0 bridgehead atoms. The van der Waals surface area contributed by atoms with E-state index in [9.17, 15) is 21.6 Å². The van der Waals surface area contributed by atoms with Crippen LogP contribution in [0.5, 0.6) is 5.75 Å². The van der Waals surface area contributed by atoms with Gasteiger partial charge in [-0.3, -0.25) is 9.97 Å². The second-order valence-electron chi connectivity index (χ2n) is 24.0. The van der Waals surface area contributed by atoms with Crippen LogP contribution in [0.4, 0.5) is 13.2 Å². The Kier molecular flexibility index (Phi) is 15.2. The maximum absolute atomic E-state index is 12.6. The van der Waals surface area contributed by atoms with Crippen LogP contribution in [-0.4, -0.2) is 97.0 Å². The van der Waals surface area contributed by atoms with Crippen LogP contribution >= 0.6 is 0 Å². The van der Waals surface area contributed by atoms with E-state index in [1.54, 1.807) is 12.1 Å². The average Bonchev–Trinajstić information content (AvgIpc) is 3.94. The minimum absolute atomic E-state index is 0.0356. The predicted molar refractivity (Wildman–Crippen MR) is 298 cm³/mol. The summed E-state index contributed by atoms with van der Waals surface area (Å²) in [6, 6.07) is 30.2. The minimum atomic E-state index is -5.77. The summed E-state index contributed by atoms with van der Waals surface area (Å²) < 4.78 is 113. The molecule has 0 spiro atoms. The zero-order chi connectivity index (χ0) is 56.7. The highest BCUT2D eigenvalue weighted by atomic mass is 32.2. The Morgan fingerprint density at radius 1 is 0.455 bits per heavy atom. The van der Waals surface area contributed by atoms with Gasteiger partial charge in [-0.1, -0.05) is 78.4 Å². The van der Waals surface area contributed by atoms with Crippen LogP contribution in [0, 0.1) is 6.92 Å². The number of aromatic nitrogens is 2. The van der Waals surface area contributed by atoms with Gasteiger partial charge in [0.25, 0.3) is 0 Å². The number of rotatable bonds is 7. The van der Waals surface area contributed by atoms with Crippen LogP contribution in [0.3, 0.4) is 0 Å². The first-order chi connectivity index (χ1) is 35.4. The second kappa shape index (κ2) is 20.1. The number of hydrogen-bond acceptors (Lipinski definition) is 13. The SMILES string of the molecule is CC1(C)OB(B2OC(C)(C)C(C)(C)O2)OC1(C)C.CC1(C)OB(c2ccc(-c3ccc(B4OC(C)(C)C(C)(C)O4)c4ncccc34)cc2)OC1(C)C.Cc1ccc(-c2ccc(OS(=O)(=O)C(F)(F)F)c3ncccc23)cc1. The highest BCUT2D eigenvalue weighted by molar-refractivity contribution is 7.88. The quantitative estimate of drug-likeness (QED) is 0.0851. The number of benzene rings is 4. The molecule has 4 aliphatic heterocycles. The van der Waals surface area contributed by atoms with Gasteiger partial charge in [-0.15, -0.1) is 0 Å². The zero-order valence-electron chi connectivity index (χ0n) is 47.1. The van der Waals surface area contributed by atoms with Crippen LogP contribution in [-0.2, 0) is 47.4 Å². The van der Waals surface area contributed by atoms with Crippen molar-refractivity contribution in [2.24, 2.45) is 0 Å². The molecule has 6 aromatic rings. The van der Waals surface area contributed by atoms with Crippen LogP contribution in [0.1, 0.15) is 116 Å². The van der Waals surface area contributed by atoms with Crippen molar-refractivity contribution in [3.05, 3.63) is 115 Å². The Labute approximate surface area is 453 Å². The number of halogens is 3. The molecule has 13 nitrogen and oxygen atoms in total. The van der Waals surface area contributed by atoms with E-state index in [4.69, 9.17) is 42.2 Å². The Bertz CT molecular complexity index is 3170. The van der Waals surface area contributed by atoms with Gasteiger partial charge in [-0.25, -0.2) is 0 Å². The maximum atomic E-state index is 12.6. The lowest BCUT2D eigenvalue weighted by atomic mass is 9.49. The molecule has 4 saturated heterocycles. The van der Waals surface area contributed by atoms with Crippen molar-refractivity contribution < 1.29 is 63.0 Å². The largest absolute Gasteiger partial charge is 0.534 e. The average molecular weight is 1080 g/mol. The van der Waals surface area contributed by atoms with Gasteiger partial charge < -0.3 is 41.4 Å². The topological polar surface area (TPSA) is 143 Å². The summed E-state index contributed by atoms with van der Waals surface area (Å²) in [6.07, 6.45) is 3.18. The summed E-state index contributed by atoms with van der Waals surface area (Å²) >= 11 is 0. The van der Waals surface area contributed by atoms with Crippen molar-refractivity contribution in [3.63, 3.8) is 0 Å². The molecular weight excluding hydrogens is 1010 g/mol. The highest BCUT2D eigenvalue weighted by Gasteiger charge is 2.64. The molecule has 0 N–H and O–H groups in total. The first kappa shape index (κ1) is 58.3. The smallest absolute Gasteiger partial charge is 0.405 e. The molecule has 77 heavy (non-hydrogen) atoms. The van der Waals surface area contributed by atoms with Crippen molar-refractivity contribution in [1.82, 2.24) is 9.97 Å². The molecule has 21 heteroatoms. The van der Waals surface area contributed by atoms with E-state index in [0.29, 0.717) is 10.9 Å². The summed E-state index contributed by atoms with van der Waals surface area (Å²) in [5.41, 5.74) is -0.759. The summed E-state index contributed by atoms with van der Waals surface area (Å²) in [6.45, 7) is 34.7. The van der Waals surface area contributed by atoms with E-state index in [1.165, 1.54) is 18.3 Å². The summed E-state index contributed by atoms with van der Waals surface area (Å²) in [5.74, 6) is -0.469. The van der Waals surface area contributed by atoms with Gasteiger partial charge in [0.15, 0.2) is 5.75 Å². The Morgan fingerprint density at radius 3 is 1.25 bits per heavy atom. The van der Waals surface area contributed by atoms with E-state index < -0.39 is 53.7 Å². The van der Waals surface area contributed by atoms with E-state index in [0.717, 1.165) is 44.1 Å². The number of nitrogens with zero attached hydrogens (tertiary/aromatic N) is 2. The molecule has 0 aliphatic carbocycles. The maximum Gasteiger partial charge on any atom is 0.534 e. The normalized spacial score (nSPS) is 21.4. The number of fused-ring (bicyclic) bond motifs is 2. The van der Waals surface area contributed by atoms with E-state index in [1.807, 2.05) is 98.8 Å². The molecule has 4 fully saturated rings. The van der Waals surface area contributed by atoms with Crippen molar-refractivity contribution in [1.29, 1.82) is 0 Å². The van der Waals surface area contributed by atoms with Crippen LogP contribution in [0.25, 0.3) is 44.1 Å². The molecule has 0 radical (unpaired) electrons. The summed E-state index contributed by atoms with van der Waals surface area (Å²) in [4.78, 5) is 8.71. The molecule has 408 valence electrons. The number of aryl methyl sites for hydroxylation is 1. The van der Waals surface area contributed by atoms with Gasteiger partial charge in [0.2, 0.25) is 0 Å². The van der Waals surface area contributed by atoms with Gasteiger partial charge >= 0.3 is 43.9 Å². The zero-order valence-corrected chi connectivity index (χ0v) is 47.9. The standard InChI is InChI=1S/C27H33B2NO4.C17H12F3NO3S.C12H24B2O4/c1-24(2)25(3,4)32-28(31-24)19-13-11-18(12-14-19)20-15-16-22(23-21(20)10-9-17-30-23)29-33-26(5,6)27(7,8)34-29;1-11-4-6-12(7-5-11)13-8-9-15(16-14(13)3-2-10-21-16)24-25(22,23)17(18,19)20;1-9(2)10(3,4)16-13(15-9)14-17-11(5,6)12(7,8)18-14/h9-17H,1-8H3;2-10H,1H3;1-8H3. The van der Waals surface area contributed by atoms with Gasteiger partial charge in [0.05, 0.1) is 50.3 Å². The second-order valence-corrected chi connectivity index (χ2v) is 25.5. The van der Waals surface area contributed by atoms with E-state index in [-0.39, 0.29) is 46.2 Å². The van der Waals surface area contributed by atoms with Gasteiger partial charge in [0, 0.05) is 28.6 Å². The molecule has 0 unspecified atom stereocenters. The first-order valence-electron chi connectivity index (χ1n) is 25.7. The van der Waals surface area contributed by atoms with Crippen molar-refractivity contribution in [2.75, 3.05) is 0 Å². The molecule has 0 saturated carbocycles. The fourth-order valence-corrected chi connectivity index (χ4v) is 9.23. The fourth-order valence-electron chi connectivity index (χ4n) is 8.77. The predicted octanol–water partition coefficient (Wildman–Crippen LogP) is 11.2. The lowest BCUT2D eigenvalue weighted by molar-refractivity contribution is -0.0499. The Hall–Kier alpha value is -4.82. The third-order valence-corrected chi connectivity index (χ3v) is 17.4. The fraction of sp³-hybridized carbons (Fsp3) is 0.464. The van der Waals surface area contributed by atoms with E-state index >= 15 is 0 Å². The third kappa shape index (κ3) is 11.4. The molecule has 0 amide bonds. The number of pyridine rings is 2. The van der Waals surface area contributed by atoms with Crippen molar-refractivity contribution in [2.45, 2.75) is 168 Å². The molecule has 2 aromatic heterocycles. The Balaban J connectivity index is 0.000000161. The molecule has 10 rings (SSSR count). The molecule has 4 aromatic carbocycles. The number of hydrogen-bond donors (Lipinski definition) is 0. The van der Waals surface area contributed by atoms with Crippen LogP contribution in [0.15, 0.2) is 109 Å². The van der Waals surface area contributed by atoms with Gasteiger partial charge in [0.1, 0.15) is 5.52 Å². The minimum Gasteiger partial charge on any atom is -0.405 e. The molecule has 4 aliphatic rings. The third-order valence-electron chi connectivity index (χ3n) is 16.4. The number of alkyl halides is 3. The monoisotopic (exact) mass is 1080 g/mol. The van der Waals surface area contributed by atoms with Gasteiger partial charge in [-0.2, -0.15) is 21.6 Å². The first-order valence-corrected chi connectivity index (χ1v) is 27.2. The lowest BCUT2D eigenvalue weighted by Crippen LogP contribution is -2.41. The molecule has 0 atom stereocenters.